The van der Waals surface area contributed by atoms with E-state index in [-0.39, 0.29) is 40.8 Å². The van der Waals surface area contributed by atoms with E-state index in [0.717, 1.165) is 37.0 Å². The van der Waals surface area contributed by atoms with Crippen LogP contribution >= 0.6 is 11.3 Å². The highest BCUT2D eigenvalue weighted by molar-refractivity contribution is 7.15. The average molecular weight is 503 g/mol. The van der Waals surface area contributed by atoms with Gasteiger partial charge in [-0.2, -0.15) is 0 Å². The van der Waals surface area contributed by atoms with E-state index < -0.39 is 11.9 Å². The van der Waals surface area contributed by atoms with E-state index in [9.17, 15) is 19.5 Å². The van der Waals surface area contributed by atoms with Gasteiger partial charge in [0.25, 0.3) is 0 Å². The molecule has 0 aromatic carbocycles. The zero-order chi connectivity index (χ0) is 25.8. The number of aromatic carboxylic acids is 1. The molecule has 7 nitrogen and oxygen atoms in total. The zero-order valence-electron chi connectivity index (χ0n) is 21.3. The van der Waals surface area contributed by atoms with Crippen molar-refractivity contribution in [2.75, 3.05) is 11.4 Å². The van der Waals surface area contributed by atoms with Crippen LogP contribution in [0.15, 0.2) is 6.07 Å². The van der Waals surface area contributed by atoms with Crippen LogP contribution in [0.3, 0.4) is 0 Å². The van der Waals surface area contributed by atoms with E-state index in [4.69, 9.17) is 10.5 Å². The second-order valence-electron chi connectivity index (χ2n) is 10.9. The molecule has 0 radical (unpaired) electrons. The molecule has 35 heavy (non-hydrogen) atoms. The van der Waals surface area contributed by atoms with Crippen molar-refractivity contribution in [3.8, 4) is 11.8 Å². The molecule has 8 heteroatoms. The van der Waals surface area contributed by atoms with Gasteiger partial charge in [0, 0.05) is 17.4 Å². The Kier molecular flexibility index (Phi) is 9.00. The normalized spacial score (nSPS) is 24.7. The van der Waals surface area contributed by atoms with Gasteiger partial charge in [-0.15, -0.1) is 11.3 Å². The van der Waals surface area contributed by atoms with E-state index in [1.807, 2.05) is 20.8 Å². The fourth-order valence-electron chi connectivity index (χ4n) is 4.88. The molecule has 192 valence electrons. The maximum absolute atomic E-state index is 13.9. The van der Waals surface area contributed by atoms with Gasteiger partial charge in [0.05, 0.1) is 17.1 Å². The number of amides is 1. The molecule has 1 aromatic rings. The number of carbonyl (C=O) groups is 3. The maximum atomic E-state index is 13.9. The summed E-state index contributed by atoms with van der Waals surface area (Å²) < 4.78 is 5.42. The third-order valence-corrected chi connectivity index (χ3v) is 7.83. The first-order valence-electron chi connectivity index (χ1n) is 12.6. The summed E-state index contributed by atoms with van der Waals surface area (Å²) in [6, 6.07) is 1.63. The second kappa shape index (κ2) is 11.6. The lowest BCUT2D eigenvalue weighted by Crippen LogP contribution is -2.47. The lowest BCUT2D eigenvalue weighted by molar-refractivity contribution is -0.149. The number of esters is 1. The molecule has 0 unspecified atom stereocenters. The molecule has 0 spiro atoms. The fourth-order valence-corrected chi connectivity index (χ4v) is 5.72. The summed E-state index contributed by atoms with van der Waals surface area (Å²) in [6.45, 7) is 8.07. The van der Waals surface area contributed by atoms with Gasteiger partial charge in [0.1, 0.15) is 11.0 Å². The van der Waals surface area contributed by atoms with Gasteiger partial charge < -0.3 is 20.5 Å². The van der Waals surface area contributed by atoms with Crippen LogP contribution in [-0.2, 0) is 14.3 Å². The third kappa shape index (κ3) is 7.31. The van der Waals surface area contributed by atoms with Crippen LogP contribution in [-0.4, -0.2) is 41.6 Å². The highest BCUT2D eigenvalue weighted by atomic mass is 32.1. The molecule has 0 atom stereocenters. The summed E-state index contributed by atoms with van der Waals surface area (Å²) in [5.74, 6) is 5.32. The predicted molar refractivity (Wildman–Crippen MR) is 137 cm³/mol. The largest absolute Gasteiger partial charge is 0.477 e. The minimum Gasteiger partial charge on any atom is -0.477 e. The van der Waals surface area contributed by atoms with Crippen LogP contribution in [0.25, 0.3) is 0 Å². The Morgan fingerprint density at radius 1 is 1.11 bits per heavy atom. The molecule has 0 bridgehead atoms. The van der Waals surface area contributed by atoms with E-state index in [0.29, 0.717) is 42.2 Å². The molecule has 0 saturated heterocycles. The summed E-state index contributed by atoms with van der Waals surface area (Å²) in [5, 5.41) is 10.0. The highest BCUT2D eigenvalue weighted by Gasteiger charge is 2.38. The molecular formula is C27H38N2O5S. The number of nitrogens with zero attached hydrogens (tertiary/aromatic N) is 1. The average Bonchev–Trinajstić information content (AvgIpc) is 3.23. The quantitative estimate of drug-likeness (QED) is 0.426. The Hall–Kier alpha value is -2.37. The molecule has 0 aliphatic heterocycles. The number of carbonyl (C=O) groups excluding carboxylic acids is 2. The van der Waals surface area contributed by atoms with Crippen LogP contribution in [0, 0.1) is 29.1 Å². The van der Waals surface area contributed by atoms with Crippen molar-refractivity contribution >= 4 is 34.9 Å². The van der Waals surface area contributed by atoms with Crippen molar-refractivity contribution in [3.63, 3.8) is 0 Å². The lowest BCUT2D eigenvalue weighted by atomic mass is 9.81. The molecular weight excluding hydrogens is 464 g/mol. The van der Waals surface area contributed by atoms with Gasteiger partial charge in [0.2, 0.25) is 5.91 Å². The van der Waals surface area contributed by atoms with Crippen LogP contribution in [0.2, 0.25) is 0 Å². The first-order valence-corrected chi connectivity index (χ1v) is 13.4. The predicted octanol–water partition coefficient (Wildman–Crippen LogP) is 4.82. The summed E-state index contributed by atoms with van der Waals surface area (Å²) in [5.41, 5.74) is 5.61. The maximum Gasteiger partial charge on any atom is 0.348 e. The standard InChI is InChI=1S/C27H38N2O5S/c1-17-5-7-18(8-6-17)25(31)29(19-9-11-20(12-10-19)34-23(30)16-28)22-15-21(13-14-27(2,3)4)35-24(22)26(32)33/h15,17-20H,5-12,16,28H2,1-4H3,(H,32,33)/t17?,18?,19-,20-. The number of nitrogens with two attached hydrogens (primary N) is 1. The van der Waals surface area contributed by atoms with Gasteiger partial charge in [-0.05, 0) is 84.1 Å². The second-order valence-corrected chi connectivity index (χ2v) is 12.0. The molecule has 2 fully saturated rings. The number of carboxylic acid groups (broad SMARTS) is 1. The Morgan fingerprint density at radius 3 is 2.29 bits per heavy atom. The van der Waals surface area contributed by atoms with E-state index in [2.05, 4.69) is 18.8 Å². The fraction of sp³-hybridized carbons (Fsp3) is 0.667. The number of hydrogen-bond donors (Lipinski definition) is 2. The minimum atomic E-state index is -1.05. The first-order chi connectivity index (χ1) is 16.5. The first kappa shape index (κ1) is 27.2. The summed E-state index contributed by atoms with van der Waals surface area (Å²) >= 11 is 1.13. The van der Waals surface area contributed by atoms with Crippen LogP contribution in [0.1, 0.15) is 93.6 Å². The van der Waals surface area contributed by atoms with Crippen molar-refractivity contribution in [1.82, 2.24) is 0 Å². The van der Waals surface area contributed by atoms with E-state index in [1.54, 1.807) is 11.0 Å². The number of rotatable bonds is 6. The van der Waals surface area contributed by atoms with Crippen LogP contribution in [0.5, 0.6) is 0 Å². The van der Waals surface area contributed by atoms with Gasteiger partial charge >= 0.3 is 11.9 Å². The molecule has 2 aliphatic rings. The smallest absolute Gasteiger partial charge is 0.348 e. The van der Waals surface area contributed by atoms with Crippen molar-refractivity contribution < 1.29 is 24.2 Å². The van der Waals surface area contributed by atoms with Crippen molar-refractivity contribution in [2.45, 2.75) is 91.2 Å². The zero-order valence-corrected chi connectivity index (χ0v) is 22.1. The van der Waals surface area contributed by atoms with Gasteiger partial charge in [-0.25, -0.2) is 4.79 Å². The Labute approximate surface area is 212 Å². The number of ether oxygens (including phenoxy) is 1. The Bertz CT molecular complexity index is 983. The monoisotopic (exact) mass is 502 g/mol. The molecule has 3 rings (SSSR count). The summed E-state index contributed by atoms with van der Waals surface area (Å²) in [7, 11) is 0. The molecule has 1 amide bonds. The Balaban J connectivity index is 1.93. The Morgan fingerprint density at radius 2 is 1.74 bits per heavy atom. The van der Waals surface area contributed by atoms with E-state index >= 15 is 0 Å². The third-order valence-electron chi connectivity index (χ3n) is 6.80. The number of anilines is 1. The number of thiophene rings is 1. The molecule has 1 heterocycles. The lowest BCUT2D eigenvalue weighted by Gasteiger charge is -2.39. The highest BCUT2D eigenvalue weighted by Crippen LogP contribution is 2.39. The molecule has 3 N–H and O–H groups in total. The van der Waals surface area contributed by atoms with Crippen LogP contribution < -0.4 is 10.6 Å². The van der Waals surface area contributed by atoms with Crippen molar-refractivity contribution in [3.05, 3.63) is 15.8 Å². The van der Waals surface area contributed by atoms with Crippen molar-refractivity contribution in [1.29, 1.82) is 0 Å². The van der Waals surface area contributed by atoms with Gasteiger partial charge in [-0.1, -0.05) is 18.8 Å². The summed E-state index contributed by atoms with van der Waals surface area (Å²) in [6.07, 6.45) is 5.94. The topological polar surface area (TPSA) is 110 Å². The van der Waals surface area contributed by atoms with Gasteiger partial charge in [-0.3, -0.25) is 9.59 Å². The van der Waals surface area contributed by atoms with Crippen molar-refractivity contribution in [2.24, 2.45) is 23.0 Å². The summed E-state index contributed by atoms with van der Waals surface area (Å²) in [4.78, 5) is 40.3. The molecule has 2 aliphatic carbocycles. The number of hydrogen-bond acceptors (Lipinski definition) is 6. The van der Waals surface area contributed by atoms with E-state index in [1.165, 1.54) is 0 Å². The molecule has 1 aromatic heterocycles. The SMILES string of the molecule is CC1CCC(C(=O)N(c2cc(C#CC(C)(C)C)sc2C(=O)O)[C@H]2CC[C@H](OC(=O)CN)CC2)CC1. The molecule has 2 saturated carbocycles. The van der Waals surface area contributed by atoms with Gasteiger partial charge in [0.15, 0.2) is 0 Å². The number of carboxylic acids is 1. The minimum absolute atomic E-state index is 0.00920. The van der Waals surface area contributed by atoms with Crippen LogP contribution in [0.4, 0.5) is 5.69 Å².